The van der Waals surface area contributed by atoms with E-state index in [-0.39, 0.29) is 22.2 Å². The molecule has 162 valence electrons. The number of nitrogens with one attached hydrogen (secondary N) is 1. The number of aromatic hydroxyl groups is 1. The summed E-state index contributed by atoms with van der Waals surface area (Å²) in [6.45, 7) is 0. The van der Waals surface area contributed by atoms with Crippen molar-refractivity contribution in [3.05, 3.63) is 48.0 Å². The zero-order chi connectivity index (χ0) is 23.0. The number of rotatable bonds is 6. The second-order valence-electron chi connectivity index (χ2n) is 6.18. The quantitative estimate of drug-likeness (QED) is 0.242. The molecule has 0 saturated heterocycles. The Morgan fingerprint density at radius 1 is 0.935 bits per heavy atom. The van der Waals surface area contributed by atoms with Crippen LogP contribution in [0.2, 0.25) is 0 Å². The van der Waals surface area contributed by atoms with Crippen molar-refractivity contribution in [2.75, 3.05) is 7.11 Å². The van der Waals surface area contributed by atoms with Gasteiger partial charge in [-0.3, -0.25) is 9.11 Å². The number of hydrogen-bond donors (Lipinski definition) is 4. The fourth-order valence-electron chi connectivity index (χ4n) is 2.77. The molecule has 3 rings (SSSR count). The smallest absolute Gasteiger partial charge is 0.296 e. The number of phenols is 1. The lowest BCUT2D eigenvalue weighted by atomic mass is 10.1. The molecule has 3 aromatic carbocycles. The van der Waals surface area contributed by atoms with Gasteiger partial charge in [-0.25, -0.2) is 0 Å². The summed E-state index contributed by atoms with van der Waals surface area (Å²) in [7, 11) is -8.35. The molecule has 0 saturated carbocycles. The van der Waals surface area contributed by atoms with Crippen LogP contribution in [0.4, 0.5) is 11.4 Å². The lowest BCUT2D eigenvalue weighted by Crippen LogP contribution is -2.00. The van der Waals surface area contributed by atoms with E-state index in [1.165, 1.54) is 31.4 Å². The first-order valence-corrected chi connectivity index (χ1v) is 11.2. The van der Waals surface area contributed by atoms with Crippen molar-refractivity contribution in [3.63, 3.8) is 0 Å². The van der Waals surface area contributed by atoms with Crippen molar-refractivity contribution in [2.24, 2.45) is 10.2 Å². The van der Waals surface area contributed by atoms with Gasteiger partial charge < -0.3 is 15.3 Å². The predicted octanol–water partition coefficient (Wildman–Crippen LogP) is 3.46. The van der Waals surface area contributed by atoms with Gasteiger partial charge in [0.2, 0.25) is 0 Å². The van der Waals surface area contributed by atoms with Crippen molar-refractivity contribution in [1.82, 2.24) is 0 Å². The molecule has 11 nitrogen and oxygen atoms in total. The maximum atomic E-state index is 11.9. The first-order valence-electron chi connectivity index (χ1n) is 8.30. The third-order valence-corrected chi connectivity index (χ3v) is 5.97. The van der Waals surface area contributed by atoms with Gasteiger partial charge >= 0.3 is 0 Å². The molecule has 0 aliphatic rings. The summed E-state index contributed by atoms with van der Waals surface area (Å²) in [6.07, 6.45) is 1.01. The average Bonchev–Trinajstić information content (AvgIpc) is 2.71. The molecule has 0 radical (unpaired) electrons. The van der Waals surface area contributed by atoms with Crippen LogP contribution in [0.15, 0.2) is 62.5 Å². The number of azo groups is 1. The van der Waals surface area contributed by atoms with Crippen LogP contribution in [0.3, 0.4) is 0 Å². The fraction of sp³-hybridized carbons (Fsp3) is 0.0556. The molecule has 31 heavy (non-hydrogen) atoms. The minimum absolute atomic E-state index is 0.0979. The monoisotopic (exact) mass is 465 g/mol. The normalized spacial score (nSPS) is 12.4. The molecule has 4 N–H and O–H groups in total. The minimum atomic E-state index is -4.88. The van der Waals surface area contributed by atoms with Crippen LogP contribution in [0, 0.1) is 5.41 Å². The summed E-state index contributed by atoms with van der Waals surface area (Å²) in [5.41, 5.74) is -0.600. The van der Waals surface area contributed by atoms with Crippen LogP contribution in [0.1, 0.15) is 5.56 Å². The van der Waals surface area contributed by atoms with Gasteiger partial charge in [0.1, 0.15) is 26.9 Å². The Kier molecular flexibility index (Phi) is 5.78. The molecule has 0 amide bonds. The third kappa shape index (κ3) is 4.54. The molecule has 0 spiro atoms. The molecular weight excluding hydrogens is 450 g/mol. The molecule has 0 unspecified atom stereocenters. The van der Waals surface area contributed by atoms with Crippen molar-refractivity contribution in [2.45, 2.75) is 9.79 Å². The topological polar surface area (TPSA) is 187 Å². The van der Waals surface area contributed by atoms with Crippen molar-refractivity contribution in [3.8, 4) is 11.5 Å². The molecule has 13 heteroatoms. The first-order chi connectivity index (χ1) is 14.5. The van der Waals surface area contributed by atoms with Crippen molar-refractivity contribution >= 4 is 48.6 Å². The van der Waals surface area contributed by atoms with E-state index in [1.54, 1.807) is 0 Å². The number of hydrogen-bond acceptors (Lipinski definition) is 9. The van der Waals surface area contributed by atoms with E-state index in [0.717, 1.165) is 24.4 Å². The van der Waals surface area contributed by atoms with Crippen molar-refractivity contribution < 1.29 is 35.8 Å². The molecule has 0 atom stereocenters. The van der Waals surface area contributed by atoms with Gasteiger partial charge in [-0.15, -0.1) is 10.2 Å². The first kappa shape index (κ1) is 22.3. The lowest BCUT2D eigenvalue weighted by molar-refractivity contribution is 0.412. The summed E-state index contributed by atoms with van der Waals surface area (Å²) < 4.78 is 71.0. The summed E-state index contributed by atoms with van der Waals surface area (Å²) in [4.78, 5) is -1.45. The largest absolute Gasteiger partial charge is 0.505 e. The van der Waals surface area contributed by atoms with Gasteiger partial charge in [-0.2, -0.15) is 16.8 Å². The van der Waals surface area contributed by atoms with Gasteiger partial charge in [-0.1, -0.05) is 6.07 Å². The maximum Gasteiger partial charge on any atom is 0.296 e. The SMILES string of the molecule is COc1ccc(N=Nc2c(S(=O)(=O)O)cc3cc(C=N)ccc3c2O)c(S(=O)(=O)O)c1. The highest BCUT2D eigenvalue weighted by Gasteiger charge is 2.23. The summed E-state index contributed by atoms with van der Waals surface area (Å²) >= 11 is 0. The van der Waals surface area contributed by atoms with E-state index in [1.807, 2.05) is 0 Å². The van der Waals surface area contributed by atoms with Crippen molar-refractivity contribution in [1.29, 1.82) is 5.41 Å². The molecule has 0 aromatic heterocycles. The Balaban J connectivity index is 2.28. The molecule has 0 aliphatic heterocycles. The molecule has 0 heterocycles. The second kappa shape index (κ2) is 8.03. The van der Waals surface area contributed by atoms with Crippen LogP contribution < -0.4 is 4.74 Å². The highest BCUT2D eigenvalue weighted by Crippen LogP contribution is 2.42. The Bertz CT molecular complexity index is 1450. The van der Waals surface area contributed by atoms with Crippen LogP contribution in [-0.2, 0) is 20.2 Å². The van der Waals surface area contributed by atoms with Gasteiger partial charge in [0.25, 0.3) is 20.2 Å². The van der Waals surface area contributed by atoms with Crippen LogP contribution >= 0.6 is 0 Å². The van der Waals surface area contributed by atoms with E-state index in [0.29, 0.717) is 5.56 Å². The zero-order valence-corrected chi connectivity index (χ0v) is 17.3. The average molecular weight is 465 g/mol. The van der Waals surface area contributed by atoms with Crippen LogP contribution in [0.25, 0.3) is 10.8 Å². The van der Waals surface area contributed by atoms with Gasteiger partial charge in [-0.05, 0) is 41.3 Å². The van der Waals surface area contributed by atoms with E-state index in [9.17, 15) is 31.0 Å². The predicted molar refractivity (Wildman–Crippen MR) is 110 cm³/mol. The molecular formula is C18H15N3O8S2. The molecule has 0 aliphatic carbocycles. The highest BCUT2D eigenvalue weighted by molar-refractivity contribution is 7.86. The Morgan fingerprint density at radius 3 is 2.19 bits per heavy atom. The second-order valence-corrected chi connectivity index (χ2v) is 8.96. The zero-order valence-electron chi connectivity index (χ0n) is 15.7. The van der Waals surface area contributed by atoms with Crippen LogP contribution in [-0.4, -0.2) is 44.4 Å². The summed E-state index contributed by atoms with van der Waals surface area (Å²) in [5.74, 6) is -0.548. The number of benzene rings is 3. The molecule has 3 aromatic rings. The standard InChI is InChI=1S/C18H15N3O8S2/c1-29-12-3-5-14(15(8-12)30(23,24)25)20-21-17-16(31(26,27)28)7-11-6-10(9-19)2-4-13(11)18(17)22/h2-9,19,22H,1H3,(H,23,24,25)(H,26,27,28). The van der Waals surface area contributed by atoms with E-state index >= 15 is 0 Å². The van der Waals surface area contributed by atoms with E-state index < -0.39 is 41.5 Å². The van der Waals surface area contributed by atoms with E-state index in [2.05, 4.69) is 10.2 Å². The number of fused-ring (bicyclic) bond motifs is 1. The molecule has 0 fully saturated rings. The Labute approximate surface area is 176 Å². The number of nitrogens with zero attached hydrogens (tertiary/aromatic N) is 2. The summed E-state index contributed by atoms with van der Waals surface area (Å²) in [5, 5.41) is 25.5. The number of methoxy groups -OCH3 is 1. The van der Waals surface area contributed by atoms with Crippen LogP contribution in [0.5, 0.6) is 11.5 Å². The number of ether oxygens (including phenoxy) is 1. The lowest BCUT2D eigenvalue weighted by Gasteiger charge is -2.10. The van der Waals surface area contributed by atoms with Gasteiger partial charge in [0.05, 0.1) is 7.11 Å². The highest BCUT2D eigenvalue weighted by atomic mass is 32.2. The number of phenolic OH excluding ortho intramolecular Hbond substituents is 1. The third-order valence-electron chi connectivity index (χ3n) is 4.22. The van der Waals surface area contributed by atoms with Gasteiger partial charge in [0.15, 0.2) is 5.75 Å². The maximum absolute atomic E-state index is 11.9. The van der Waals surface area contributed by atoms with E-state index in [4.69, 9.17) is 10.1 Å². The van der Waals surface area contributed by atoms with Gasteiger partial charge in [0, 0.05) is 17.7 Å². The fourth-order valence-corrected chi connectivity index (χ4v) is 4.06. The molecule has 0 bridgehead atoms. The Morgan fingerprint density at radius 2 is 1.61 bits per heavy atom. The minimum Gasteiger partial charge on any atom is -0.505 e. The summed E-state index contributed by atoms with van der Waals surface area (Å²) in [6, 6.07) is 8.80. The Hall–Kier alpha value is -3.39.